The minimum atomic E-state index is 0.772. The Hall–Kier alpha value is -0.0800. The smallest absolute Gasteiger partial charge is 0.00194 e. The van der Waals surface area contributed by atoms with Gasteiger partial charge in [-0.2, -0.15) is 0 Å². The van der Waals surface area contributed by atoms with E-state index >= 15 is 0 Å². The van der Waals surface area contributed by atoms with E-state index in [-0.39, 0.29) is 0 Å². The molecule has 0 amide bonds. The fraction of sp³-hybridized carbons (Fsp3) is 1.00. The predicted octanol–water partition coefficient (Wildman–Crippen LogP) is 2.99. The summed E-state index contributed by atoms with van der Waals surface area (Å²) in [5.74, 6) is 1.60. The number of rotatable bonds is 10. The first-order valence-electron chi connectivity index (χ1n) is 6.91. The maximum absolute atomic E-state index is 3.49. The van der Waals surface area contributed by atoms with Crippen molar-refractivity contribution in [2.75, 3.05) is 33.2 Å². The Kier molecular flexibility index (Phi) is 10.0. The lowest BCUT2D eigenvalue weighted by Gasteiger charge is -2.17. The molecule has 1 N–H and O–H groups in total. The Morgan fingerprint density at radius 1 is 0.938 bits per heavy atom. The number of nitrogens with zero attached hydrogens (tertiary/aromatic N) is 1. The zero-order valence-corrected chi connectivity index (χ0v) is 12.1. The summed E-state index contributed by atoms with van der Waals surface area (Å²) in [5.41, 5.74) is 0. The molecule has 0 atom stereocenters. The molecular formula is C14H32N2. The van der Waals surface area contributed by atoms with Gasteiger partial charge in [0.2, 0.25) is 0 Å². The van der Waals surface area contributed by atoms with Gasteiger partial charge in [0.25, 0.3) is 0 Å². The minimum absolute atomic E-state index is 0.772. The Bertz CT molecular complexity index is 144. The van der Waals surface area contributed by atoms with Gasteiger partial charge >= 0.3 is 0 Å². The summed E-state index contributed by atoms with van der Waals surface area (Å²) >= 11 is 0. The highest BCUT2D eigenvalue weighted by molar-refractivity contribution is 4.56. The summed E-state index contributed by atoms with van der Waals surface area (Å²) < 4.78 is 0. The number of nitrogens with one attached hydrogen (secondary N) is 1. The molecular weight excluding hydrogens is 196 g/mol. The van der Waals surface area contributed by atoms with Gasteiger partial charge in [0.1, 0.15) is 0 Å². The first kappa shape index (κ1) is 15.9. The lowest BCUT2D eigenvalue weighted by Crippen LogP contribution is -2.24. The molecule has 0 radical (unpaired) electrons. The summed E-state index contributed by atoms with van der Waals surface area (Å²) in [6, 6.07) is 0. The van der Waals surface area contributed by atoms with Crippen LogP contribution in [-0.2, 0) is 0 Å². The van der Waals surface area contributed by atoms with Gasteiger partial charge in [-0.15, -0.1) is 0 Å². The molecule has 98 valence electrons. The van der Waals surface area contributed by atoms with Crippen molar-refractivity contribution in [2.24, 2.45) is 11.8 Å². The van der Waals surface area contributed by atoms with E-state index in [0.717, 1.165) is 18.4 Å². The standard InChI is InChI=1S/C14H32N2/c1-13(2)8-11-16(5)10-7-6-9-15-12-14(3)4/h13-15H,6-12H2,1-5H3. The zero-order chi connectivity index (χ0) is 12.4. The van der Waals surface area contributed by atoms with Crippen molar-refractivity contribution in [2.45, 2.75) is 47.0 Å². The molecule has 2 heteroatoms. The first-order chi connectivity index (χ1) is 7.52. The largest absolute Gasteiger partial charge is 0.316 e. The number of hydrogen-bond acceptors (Lipinski definition) is 2. The Labute approximate surface area is 103 Å². The van der Waals surface area contributed by atoms with Crippen LogP contribution in [0.3, 0.4) is 0 Å². The van der Waals surface area contributed by atoms with Crippen molar-refractivity contribution in [1.29, 1.82) is 0 Å². The second-order valence-corrected chi connectivity index (χ2v) is 5.79. The second-order valence-electron chi connectivity index (χ2n) is 5.79. The molecule has 0 saturated heterocycles. The van der Waals surface area contributed by atoms with Crippen molar-refractivity contribution >= 4 is 0 Å². The zero-order valence-electron chi connectivity index (χ0n) is 12.1. The highest BCUT2D eigenvalue weighted by Gasteiger charge is 2.00. The molecule has 0 rings (SSSR count). The van der Waals surface area contributed by atoms with Crippen molar-refractivity contribution in [3.8, 4) is 0 Å². The van der Waals surface area contributed by atoms with E-state index in [1.807, 2.05) is 0 Å². The van der Waals surface area contributed by atoms with Crippen molar-refractivity contribution < 1.29 is 0 Å². The van der Waals surface area contributed by atoms with Gasteiger partial charge in [0, 0.05) is 0 Å². The van der Waals surface area contributed by atoms with Gasteiger partial charge < -0.3 is 10.2 Å². The Balaban J connectivity index is 3.18. The number of hydrogen-bond donors (Lipinski definition) is 1. The third-order valence-electron chi connectivity index (χ3n) is 2.78. The fourth-order valence-corrected chi connectivity index (χ4v) is 1.61. The van der Waals surface area contributed by atoms with Gasteiger partial charge in [-0.05, 0) is 64.3 Å². The van der Waals surface area contributed by atoms with Gasteiger partial charge in [0.05, 0.1) is 0 Å². The number of unbranched alkanes of at least 4 members (excludes halogenated alkanes) is 1. The van der Waals surface area contributed by atoms with E-state index in [1.54, 1.807) is 0 Å². The summed E-state index contributed by atoms with van der Waals surface area (Å²) in [6.45, 7) is 13.9. The predicted molar refractivity (Wildman–Crippen MR) is 73.9 cm³/mol. The summed E-state index contributed by atoms with van der Waals surface area (Å²) in [5, 5.41) is 3.49. The average Bonchev–Trinajstić information content (AvgIpc) is 2.19. The molecule has 0 unspecified atom stereocenters. The van der Waals surface area contributed by atoms with Gasteiger partial charge in [0.15, 0.2) is 0 Å². The Morgan fingerprint density at radius 2 is 1.62 bits per heavy atom. The van der Waals surface area contributed by atoms with Crippen LogP contribution in [0.1, 0.15) is 47.0 Å². The molecule has 2 nitrogen and oxygen atoms in total. The van der Waals surface area contributed by atoms with E-state index < -0.39 is 0 Å². The van der Waals surface area contributed by atoms with Crippen LogP contribution < -0.4 is 5.32 Å². The third kappa shape index (κ3) is 12.0. The molecule has 0 heterocycles. The fourth-order valence-electron chi connectivity index (χ4n) is 1.61. The molecule has 0 aliphatic carbocycles. The van der Waals surface area contributed by atoms with Crippen LogP contribution in [0.5, 0.6) is 0 Å². The monoisotopic (exact) mass is 228 g/mol. The van der Waals surface area contributed by atoms with Gasteiger partial charge in [-0.1, -0.05) is 27.7 Å². The topological polar surface area (TPSA) is 15.3 Å². The molecule has 0 fully saturated rings. The van der Waals surface area contributed by atoms with Crippen LogP contribution in [0.15, 0.2) is 0 Å². The lowest BCUT2D eigenvalue weighted by atomic mass is 10.1. The maximum Gasteiger partial charge on any atom is -0.00194 e. The summed E-state index contributed by atoms with van der Waals surface area (Å²) in [7, 11) is 2.24. The third-order valence-corrected chi connectivity index (χ3v) is 2.78. The van der Waals surface area contributed by atoms with E-state index in [4.69, 9.17) is 0 Å². The van der Waals surface area contributed by atoms with Crippen LogP contribution in [0.25, 0.3) is 0 Å². The highest BCUT2D eigenvalue weighted by Crippen LogP contribution is 2.01. The highest BCUT2D eigenvalue weighted by atomic mass is 15.1. The molecule has 0 aliphatic rings. The van der Waals surface area contributed by atoms with Gasteiger partial charge in [-0.3, -0.25) is 0 Å². The van der Waals surface area contributed by atoms with E-state index in [0.29, 0.717) is 0 Å². The van der Waals surface area contributed by atoms with Gasteiger partial charge in [-0.25, -0.2) is 0 Å². The molecule has 0 saturated carbocycles. The van der Waals surface area contributed by atoms with Crippen molar-refractivity contribution in [3.63, 3.8) is 0 Å². The molecule has 0 aromatic carbocycles. The minimum Gasteiger partial charge on any atom is -0.316 e. The molecule has 0 bridgehead atoms. The van der Waals surface area contributed by atoms with Crippen molar-refractivity contribution in [1.82, 2.24) is 10.2 Å². The van der Waals surface area contributed by atoms with Crippen LogP contribution in [-0.4, -0.2) is 38.1 Å². The van der Waals surface area contributed by atoms with E-state index in [2.05, 4.69) is 45.0 Å². The van der Waals surface area contributed by atoms with Crippen LogP contribution in [0.4, 0.5) is 0 Å². The molecule has 0 aromatic heterocycles. The quantitative estimate of drug-likeness (QED) is 0.578. The van der Waals surface area contributed by atoms with Crippen molar-refractivity contribution in [3.05, 3.63) is 0 Å². The summed E-state index contributed by atoms with van der Waals surface area (Å²) in [6.07, 6.45) is 3.94. The molecule has 0 spiro atoms. The Morgan fingerprint density at radius 3 is 2.19 bits per heavy atom. The molecule has 0 aliphatic heterocycles. The van der Waals surface area contributed by atoms with Crippen LogP contribution >= 0.6 is 0 Å². The first-order valence-corrected chi connectivity index (χ1v) is 6.91. The lowest BCUT2D eigenvalue weighted by molar-refractivity contribution is 0.303. The van der Waals surface area contributed by atoms with Crippen LogP contribution in [0.2, 0.25) is 0 Å². The average molecular weight is 228 g/mol. The summed E-state index contributed by atoms with van der Waals surface area (Å²) in [4.78, 5) is 2.46. The van der Waals surface area contributed by atoms with E-state index in [9.17, 15) is 0 Å². The van der Waals surface area contributed by atoms with Crippen LogP contribution in [0, 0.1) is 11.8 Å². The SMILES string of the molecule is CC(C)CCN(C)CCCCNCC(C)C. The normalized spacial score (nSPS) is 12.0. The van der Waals surface area contributed by atoms with E-state index in [1.165, 1.54) is 38.9 Å². The second kappa shape index (κ2) is 10.1. The molecule has 0 aromatic rings. The maximum atomic E-state index is 3.49. The molecule has 16 heavy (non-hydrogen) atoms.